The lowest BCUT2D eigenvalue weighted by Crippen LogP contribution is -2.05. The van der Waals surface area contributed by atoms with Crippen molar-refractivity contribution in [1.29, 1.82) is 0 Å². The van der Waals surface area contributed by atoms with E-state index in [0.29, 0.717) is 5.76 Å². The number of hydrogen-bond acceptors (Lipinski definition) is 3. The summed E-state index contributed by atoms with van der Waals surface area (Å²) < 4.78 is 10.6. The van der Waals surface area contributed by atoms with Gasteiger partial charge < -0.3 is 9.15 Å². The number of benzene rings is 1. The van der Waals surface area contributed by atoms with Gasteiger partial charge in [-0.3, -0.25) is 0 Å². The molecule has 0 saturated heterocycles. The summed E-state index contributed by atoms with van der Waals surface area (Å²) in [6.45, 7) is 3.70. The van der Waals surface area contributed by atoms with E-state index in [0.717, 1.165) is 11.3 Å². The van der Waals surface area contributed by atoms with Crippen LogP contribution in [0.25, 0.3) is 6.08 Å². The van der Waals surface area contributed by atoms with Gasteiger partial charge in [0.15, 0.2) is 0 Å². The maximum Gasteiger partial charge on any atom is 0.331 e. The van der Waals surface area contributed by atoms with Gasteiger partial charge in [-0.05, 0) is 37.6 Å². The summed E-state index contributed by atoms with van der Waals surface area (Å²) in [5, 5.41) is 0. The molecule has 3 nitrogen and oxygen atoms in total. The second-order valence-corrected chi connectivity index (χ2v) is 4.27. The molecule has 1 unspecified atom stereocenters. The lowest BCUT2D eigenvalue weighted by molar-refractivity contribution is -0.142. The molecule has 19 heavy (non-hydrogen) atoms. The Morgan fingerprint density at radius 2 is 1.95 bits per heavy atom. The van der Waals surface area contributed by atoms with Crippen LogP contribution in [-0.4, -0.2) is 5.97 Å². The molecule has 0 N–H and O–H groups in total. The van der Waals surface area contributed by atoms with E-state index in [9.17, 15) is 4.79 Å². The molecule has 3 heteroatoms. The maximum atomic E-state index is 11.7. The third kappa shape index (κ3) is 3.85. The second kappa shape index (κ2) is 6.05. The van der Waals surface area contributed by atoms with Gasteiger partial charge in [-0.25, -0.2) is 4.79 Å². The molecule has 98 valence electrons. The van der Waals surface area contributed by atoms with E-state index in [1.54, 1.807) is 12.1 Å². The summed E-state index contributed by atoms with van der Waals surface area (Å²) in [5.74, 6) is 1.07. The van der Waals surface area contributed by atoms with E-state index < -0.39 is 0 Å². The molecule has 0 spiro atoms. The van der Waals surface area contributed by atoms with Gasteiger partial charge in [0.25, 0.3) is 0 Å². The normalized spacial score (nSPS) is 12.5. The number of esters is 1. The summed E-state index contributed by atoms with van der Waals surface area (Å²) in [4.78, 5) is 11.7. The molecular weight excluding hydrogens is 240 g/mol. The number of furan rings is 1. The standard InChI is InChI=1S/C16H16O3/c1-12-8-9-15(18-12)10-11-16(17)19-13(2)14-6-4-3-5-7-14/h3-11,13H,1-2H3/b11-10+. The fraction of sp³-hybridized carbons (Fsp3) is 0.188. The number of carbonyl (C=O) groups excluding carboxylic acids is 1. The van der Waals surface area contributed by atoms with Crippen LogP contribution in [-0.2, 0) is 9.53 Å². The topological polar surface area (TPSA) is 39.4 Å². The van der Waals surface area contributed by atoms with Crippen molar-refractivity contribution in [2.75, 3.05) is 0 Å². The van der Waals surface area contributed by atoms with E-state index in [-0.39, 0.29) is 12.1 Å². The summed E-state index contributed by atoms with van der Waals surface area (Å²) in [5.41, 5.74) is 0.970. The molecule has 0 bridgehead atoms. The maximum absolute atomic E-state index is 11.7. The van der Waals surface area contributed by atoms with E-state index in [2.05, 4.69) is 0 Å². The minimum absolute atomic E-state index is 0.267. The highest BCUT2D eigenvalue weighted by Crippen LogP contribution is 2.16. The average Bonchev–Trinajstić information content (AvgIpc) is 2.83. The van der Waals surface area contributed by atoms with Crippen molar-refractivity contribution in [2.45, 2.75) is 20.0 Å². The SMILES string of the molecule is Cc1ccc(/C=C/C(=O)OC(C)c2ccccc2)o1. The Morgan fingerprint density at radius 1 is 1.21 bits per heavy atom. The highest BCUT2D eigenvalue weighted by Gasteiger charge is 2.08. The van der Waals surface area contributed by atoms with Crippen LogP contribution >= 0.6 is 0 Å². The average molecular weight is 256 g/mol. The largest absolute Gasteiger partial charge is 0.462 e. The molecule has 1 aromatic carbocycles. The number of rotatable bonds is 4. The van der Waals surface area contributed by atoms with Crippen LogP contribution in [0.2, 0.25) is 0 Å². The summed E-state index contributed by atoms with van der Waals surface area (Å²) in [7, 11) is 0. The fourth-order valence-corrected chi connectivity index (χ4v) is 1.70. The molecule has 2 aromatic rings. The van der Waals surface area contributed by atoms with Crippen LogP contribution in [0.15, 0.2) is 53.0 Å². The Kier molecular flexibility index (Phi) is 4.18. The Hall–Kier alpha value is -2.29. The highest BCUT2D eigenvalue weighted by molar-refractivity contribution is 5.86. The van der Waals surface area contributed by atoms with Crippen LogP contribution in [0.1, 0.15) is 30.1 Å². The Balaban J connectivity index is 1.93. The number of aryl methyl sites for hydroxylation is 1. The number of carbonyl (C=O) groups is 1. The third-order valence-electron chi connectivity index (χ3n) is 2.71. The van der Waals surface area contributed by atoms with Crippen molar-refractivity contribution in [3.63, 3.8) is 0 Å². The zero-order chi connectivity index (χ0) is 13.7. The minimum Gasteiger partial charge on any atom is -0.462 e. The first kappa shape index (κ1) is 13.1. The quantitative estimate of drug-likeness (QED) is 0.615. The lowest BCUT2D eigenvalue weighted by atomic mass is 10.1. The van der Waals surface area contributed by atoms with Crippen LogP contribution in [0.3, 0.4) is 0 Å². The van der Waals surface area contributed by atoms with Crippen molar-refractivity contribution >= 4 is 12.0 Å². The summed E-state index contributed by atoms with van der Waals surface area (Å²) in [6, 6.07) is 13.3. The Bertz CT molecular complexity index is 567. The first-order valence-electron chi connectivity index (χ1n) is 6.15. The van der Waals surface area contributed by atoms with E-state index in [1.807, 2.05) is 50.2 Å². The van der Waals surface area contributed by atoms with Gasteiger partial charge >= 0.3 is 5.97 Å². The zero-order valence-electron chi connectivity index (χ0n) is 11.0. The molecule has 2 rings (SSSR count). The van der Waals surface area contributed by atoms with Crippen molar-refractivity contribution in [2.24, 2.45) is 0 Å². The summed E-state index contributed by atoms with van der Waals surface area (Å²) in [6.07, 6.45) is 2.71. The summed E-state index contributed by atoms with van der Waals surface area (Å²) >= 11 is 0. The molecule has 0 saturated carbocycles. The van der Waals surface area contributed by atoms with E-state index in [1.165, 1.54) is 6.08 Å². The second-order valence-electron chi connectivity index (χ2n) is 4.27. The highest BCUT2D eigenvalue weighted by atomic mass is 16.5. The Labute approximate surface area is 112 Å². The van der Waals surface area contributed by atoms with E-state index in [4.69, 9.17) is 9.15 Å². The Morgan fingerprint density at radius 3 is 2.58 bits per heavy atom. The van der Waals surface area contributed by atoms with Gasteiger partial charge in [0.1, 0.15) is 17.6 Å². The molecule has 0 aliphatic heterocycles. The molecule has 0 radical (unpaired) electrons. The molecule has 0 aliphatic carbocycles. The molecular formula is C16H16O3. The van der Waals surface area contributed by atoms with Crippen molar-refractivity contribution in [3.8, 4) is 0 Å². The van der Waals surface area contributed by atoms with Gasteiger partial charge in [0.2, 0.25) is 0 Å². The third-order valence-corrected chi connectivity index (χ3v) is 2.71. The zero-order valence-corrected chi connectivity index (χ0v) is 11.0. The van der Waals surface area contributed by atoms with Crippen LogP contribution in [0.5, 0.6) is 0 Å². The number of ether oxygens (including phenoxy) is 1. The molecule has 0 amide bonds. The van der Waals surface area contributed by atoms with Gasteiger partial charge in [-0.2, -0.15) is 0 Å². The predicted octanol–water partition coefficient (Wildman–Crippen LogP) is 3.91. The predicted molar refractivity (Wildman–Crippen MR) is 73.4 cm³/mol. The van der Waals surface area contributed by atoms with Gasteiger partial charge in [0, 0.05) is 6.08 Å². The van der Waals surface area contributed by atoms with Crippen LogP contribution in [0.4, 0.5) is 0 Å². The van der Waals surface area contributed by atoms with Gasteiger partial charge in [0.05, 0.1) is 0 Å². The fourth-order valence-electron chi connectivity index (χ4n) is 1.70. The molecule has 0 fully saturated rings. The van der Waals surface area contributed by atoms with Crippen LogP contribution in [0, 0.1) is 6.92 Å². The van der Waals surface area contributed by atoms with Crippen molar-refractivity contribution in [1.82, 2.24) is 0 Å². The lowest BCUT2D eigenvalue weighted by Gasteiger charge is -2.11. The van der Waals surface area contributed by atoms with E-state index >= 15 is 0 Å². The number of hydrogen-bond donors (Lipinski definition) is 0. The minimum atomic E-state index is -0.384. The molecule has 1 atom stereocenters. The van der Waals surface area contributed by atoms with Crippen LogP contribution < -0.4 is 0 Å². The molecule has 0 aliphatic rings. The monoisotopic (exact) mass is 256 g/mol. The van der Waals surface area contributed by atoms with Crippen molar-refractivity contribution < 1.29 is 13.9 Å². The first-order valence-corrected chi connectivity index (χ1v) is 6.15. The molecule has 1 aromatic heterocycles. The first-order chi connectivity index (χ1) is 9.15. The van der Waals surface area contributed by atoms with Gasteiger partial charge in [-0.15, -0.1) is 0 Å². The van der Waals surface area contributed by atoms with Crippen molar-refractivity contribution in [3.05, 3.63) is 65.6 Å². The smallest absolute Gasteiger partial charge is 0.331 e. The van der Waals surface area contributed by atoms with Gasteiger partial charge in [-0.1, -0.05) is 30.3 Å². The molecule has 1 heterocycles.